The molecule has 0 spiro atoms. The summed E-state index contributed by atoms with van der Waals surface area (Å²) < 4.78 is 0. The van der Waals surface area contributed by atoms with Crippen LogP contribution in [0, 0.1) is 6.92 Å². The fraction of sp³-hybridized carbons (Fsp3) is 0.0714. The Kier molecular flexibility index (Phi) is 3.19. The number of aryl methyl sites for hydroxylation is 1. The zero-order valence-electron chi connectivity index (χ0n) is 9.75. The average Bonchev–Trinajstić information content (AvgIpc) is 2.39. The van der Waals surface area contributed by atoms with Crippen LogP contribution in [0.2, 0.25) is 0 Å². The zero-order chi connectivity index (χ0) is 13.1. The van der Waals surface area contributed by atoms with Crippen molar-refractivity contribution in [2.45, 2.75) is 6.92 Å². The third kappa shape index (κ3) is 2.27. The second-order valence-electron chi connectivity index (χ2n) is 3.90. The lowest BCUT2D eigenvalue weighted by molar-refractivity contribution is 0.0692. The summed E-state index contributed by atoms with van der Waals surface area (Å²) in [5, 5.41) is 9.01. The second-order valence-corrected chi connectivity index (χ2v) is 3.90. The third-order valence-corrected chi connectivity index (χ3v) is 2.57. The lowest BCUT2D eigenvalue weighted by Crippen LogP contribution is -2.11. The molecule has 0 radical (unpaired) electrons. The van der Waals surface area contributed by atoms with Gasteiger partial charge < -0.3 is 5.11 Å². The van der Waals surface area contributed by atoms with E-state index in [1.165, 1.54) is 18.3 Å². The Morgan fingerprint density at radius 3 is 2.39 bits per heavy atom. The molecule has 2 aromatic rings. The van der Waals surface area contributed by atoms with Crippen LogP contribution in [0.4, 0.5) is 0 Å². The predicted octanol–water partition coefficient (Wildman–Crippen LogP) is 2.32. The molecular formula is C14H11NO3. The van der Waals surface area contributed by atoms with E-state index in [0.29, 0.717) is 5.56 Å². The number of hydrogen-bond donors (Lipinski definition) is 1. The summed E-state index contributed by atoms with van der Waals surface area (Å²) in [5.41, 5.74) is 1.35. The van der Waals surface area contributed by atoms with Crippen molar-refractivity contribution in [3.05, 3.63) is 65.0 Å². The van der Waals surface area contributed by atoms with E-state index in [0.717, 1.165) is 5.56 Å². The van der Waals surface area contributed by atoms with Crippen molar-refractivity contribution in [2.24, 2.45) is 0 Å². The molecule has 0 fully saturated rings. The van der Waals surface area contributed by atoms with Gasteiger partial charge in [0.2, 0.25) is 5.78 Å². The Labute approximate surface area is 104 Å². The summed E-state index contributed by atoms with van der Waals surface area (Å²) in [6.45, 7) is 1.91. The minimum atomic E-state index is -1.15. The first-order valence-electron chi connectivity index (χ1n) is 5.39. The smallest absolute Gasteiger partial charge is 0.338 e. The van der Waals surface area contributed by atoms with Crippen LogP contribution in [0.25, 0.3) is 0 Å². The molecule has 90 valence electrons. The standard InChI is InChI=1S/C14H11NO3/c1-9-4-6-10(7-5-9)13(16)12-11(14(17)18)3-2-8-15-12/h2-8H,1H3,(H,17,18). The molecule has 1 aromatic carbocycles. The van der Waals surface area contributed by atoms with Crippen molar-refractivity contribution in [1.29, 1.82) is 0 Å². The quantitative estimate of drug-likeness (QED) is 0.837. The van der Waals surface area contributed by atoms with Gasteiger partial charge in [-0.3, -0.25) is 9.78 Å². The number of hydrogen-bond acceptors (Lipinski definition) is 3. The highest BCUT2D eigenvalue weighted by atomic mass is 16.4. The van der Waals surface area contributed by atoms with E-state index in [-0.39, 0.29) is 17.0 Å². The molecule has 18 heavy (non-hydrogen) atoms. The summed E-state index contributed by atoms with van der Waals surface area (Å²) in [7, 11) is 0. The number of ketones is 1. The number of carboxylic acids is 1. The van der Waals surface area contributed by atoms with Gasteiger partial charge in [-0.2, -0.15) is 0 Å². The largest absolute Gasteiger partial charge is 0.478 e. The van der Waals surface area contributed by atoms with Gasteiger partial charge in [0.05, 0.1) is 5.56 Å². The maximum absolute atomic E-state index is 12.2. The summed E-state index contributed by atoms with van der Waals surface area (Å²) in [6.07, 6.45) is 1.41. The van der Waals surface area contributed by atoms with Crippen molar-refractivity contribution < 1.29 is 14.7 Å². The van der Waals surface area contributed by atoms with Gasteiger partial charge in [0.15, 0.2) is 0 Å². The van der Waals surface area contributed by atoms with E-state index in [1.807, 2.05) is 6.92 Å². The summed E-state index contributed by atoms with van der Waals surface area (Å²) in [6, 6.07) is 9.80. The predicted molar refractivity (Wildman–Crippen MR) is 65.8 cm³/mol. The first-order chi connectivity index (χ1) is 8.59. The first-order valence-corrected chi connectivity index (χ1v) is 5.39. The molecule has 2 rings (SSSR count). The highest BCUT2D eigenvalue weighted by Gasteiger charge is 2.18. The van der Waals surface area contributed by atoms with E-state index in [2.05, 4.69) is 4.98 Å². The molecular weight excluding hydrogens is 230 g/mol. The molecule has 4 heteroatoms. The summed E-state index contributed by atoms with van der Waals surface area (Å²) in [4.78, 5) is 27.0. The zero-order valence-corrected chi connectivity index (χ0v) is 9.75. The molecule has 0 saturated heterocycles. The second kappa shape index (κ2) is 4.79. The molecule has 1 heterocycles. The fourth-order valence-corrected chi connectivity index (χ4v) is 1.60. The molecule has 0 amide bonds. The highest BCUT2D eigenvalue weighted by molar-refractivity contribution is 6.12. The Morgan fingerprint density at radius 1 is 1.11 bits per heavy atom. The number of carboxylic acid groups (broad SMARTS) is 1. The van der Waals surface area contributed by atoms with Gasteiger partial charge >= 0.3 is 5.97 Å². The van der Waals surface area contributed by atoms with Gasteiger partial charge in [-0.1, -0.05) is 29.8 Å². The van der Waals surface area contributed by atoms with Gasteiger partial charge in [-0.25, -0.2) is 4.79 Å². The Morgan fingerprint density at radius 2 is 1.78 bits per heavy atom. The van der Waals surface area contributed by atoms with Crippen LogP contribution in [-0.2, 0) is 0 Å². The molecule has 0 aliphatic carbocycles. The lowest BCUT2D eigenvalue weighted by Gasteiger charge is -2.04. The highest BCUT2D eigenvalue weighted by Crippen LogP contribution is 2.13. The van der Waals surface area contributed by atoms with Crippen LogP contribution in [-0.4, -0.2) is 21.8 Å². The number of carbonyl (C=O) groups is 2. The maximum atomic E-state index is 12.2. The third-order valence-electron chi connectivity index (χ3n) is 2.57. The van der Waals surface area contributed by atoms with Gasteiger partial charge in [0.25, 0.3) is 0 Å². The monoisotopic (exact) mass is 241 g/mol. The molecule has 0 atom stereocenters. The Hall–Kier alpha value is -2.49. The Balaban J connectivity index is 2.46. The molecule has 0 saturated carbocycles. The number of nitrogens with zero attached hydrogens (tertiary/aromatic N) is 1. The van der Waals surface area contributed by atoms with E-state index < -0.39 is 5.97 Å². The van der Waals surface area contributed by atoms with E-state index in [1.54, 1.807) is 24.3 Å². The topological polar surface area (TPSA) is 67.3 Å². The van der Waals surface area contributed by atoms with Crippen LogP contribution in [0.1, 0.15) is 32.0 Å². The molecule has 4 nitrogen and oxygen atoms in total. The number of benzene rings is 1. The number of rotatable bonds is 3. The minimum absolute atomic E-state index is 0.0335. The normalized spacial score (nSPS) is 10.1. The molecule has 0 aliphatic heterocycles. The van der Waals surface area contributed by atoms with E-state index in [9.17, 15) is 9.59 Å². The minimum Gasteiger partial charge on any atom is -0.478 e. The fourth-order valence-electron chi connectivity index (χ4n) is 1.60. The molecule has 1 aromatic heterocycles. The van der Waals surface area contributed by atoms with Crippen LogP contribution >= 0.6 is 0 Å². The summed E-state index contributed by atoms with van der Waals surface area (Å²) >= 11 is 0. The van der Waals surface area contributed by atoms with Crippen molar-refractivity contribution in [3.8, 4) is 0 Å². The van der Waals surface area contributed by atoms with Crippen LogP contribution in [0.5, 0.6) is 0 Å². The van der Waals surface area contributed by atoms with Crippen molar-refractivity contribution in [2.75, 3.05) is 0 Å². The molecule has 0 unspecified atom stereocenters. The van der Waals surface area contributed by atoms with E-state index >= 15 is 0 Å². The Bertz CT molecular complexity index is 603. The SMILES string of the molecule is Cc1ccc(C(=O)c2ncccc2C(=O)O)cc1. The maximum Gasteiger partial charge on any atom is 0.338 e. The van der Waals surface area contributed by atoms with Gasteiger partial charge in [-0.15, -0.1) is 0 Å². The van der Waals surface area contributed by atoms with E-state index in [4.69, 9.17) is 5.11 Å². The molecule has 0 bridgehead atoms. The number of aromatic nitrogens is 1. The molecule has 0 aliphatic rings. The molecule has 1 N–H and O–H groups in total. The number of aromatic carboxylic acids is 1. The van der Waals surface area contributed by atoms with Gasteiger partial charge in [0.1, 0.15) is 5.69 Å². The average molecular weight is 241 g/mol. The van der Waals surface area contributed by atoms with Crippen LogP contribution in [0.15, 0.2) is 42.6 Å². The van der Waals surface area contributed by atoms with Crippen molar-refractivity contribution in [3.63, 3.8) is 0 Å². The number of carbonyl (C=O) groups excluding carboxylic acids is 1. The van der Waals surface area contributed by atoms with Crippen LogP contribution < -0.4 is 0 Å². The van der Waals surface area contributed by atoms with Gasteiger partial charge in [0, 0.05) is 11.8 Å². The van der Waals surface area contributed by atoms with Crippen LogP contribution in [0.3, 0.4) is 0 Å². The van der Waals surface area contributed by atoms with Gasteiger partial charge in [-0.05, 0) is 19.1 Å². The first kappa shape index (κ1) is 12.0. The van der Waals surface area contributed by atoms with Crippen molar-refractivity contribution in [1.82, 2.24) is 4.98 Å². The lowest BCUT2D eigenvalue weighted by atomic mass is 10.0. The number of pyridine rings is 1. The van der Waals surface area contributed by atoms with Crippen molar-refractivity contribution >= 4 is 11.8 Å². The summed E-state index contributed by atoms with van der Waals surface area (Å²) in [5.74, 6) is -1.54.